The van der Waals surface area contributed by atoms with Crippen LogP contribution in [0.5, 0.6) is 0 Å². The minimum atomic E-state index is -1.52. The van der Waals surface area contributed by atoms with Crippen LogP contribution < -0.4 is 0 Å². The Kier molecular flexibility index (Phi) is 4.24. The van der Waals surface area contributed by atoms with Crippen molar-refractivity contribution in [3.63, 3.8) is 0 Å². The first-order chi connectivity index (χ1) is 5.46. The third-order valence-electron chi connectivity index (χ3n) is 2.37. The molecule has 0 aromatic heterocycles. The quantitative estimate of drug-likeness (QED) is 0.666. The SMILES string of the molecule is CCC(C)CC(O)(CC)C(=O)O. The van der Waals surface area contributed by atoms with Crippen LogP contribution in [0.1, 0.15) is 40.0 Å². The number of aliphatic hydroxyl groups is 1. The van der Waals surface area contributed by atoms with Crippen LogP contribution in [0.4, 0.5) is 0 Å². The van der Waals surface area contributed by atoms with Crippen LogP contribution in [-0.4, -0.2) is 21.8 Å². The van der Waals surface area contributed by atoms with Gasteiger partial charge in [0.1, 0.15) is 0 Å². The maximum Gasteiger partial charge on any atom is 0.335 e. The lowest BCUT2D eigenvalue weighted by Gasteiger charge is -2.24. The lowest BCUT2D eigenvalue weighted by Crippen LogP contribution is -2.39. The lowest BCUT2D eigenvalue weighted by molar-refractivity contribution is -0.160. The van der Waals surface area contributed by atoms with Crippen molar-refractivity contribution in [1.82, 2.24) is 0 Å². The van der Waals surface area contributed by atoms with Crippen LogP contribution >= 0.6 is 0 Å². The van der Waals surface area contributed by atoms with Gasteiger partial charge in [0, 0.05) is 0 Å². The normalized spacial score (nSPS) is 18.3. The molecule has 0 saturated carbocycles. The van der Waals surface area contributed by atoms with E-state index in [-0.39, 0.29) is 12.3 Å². The maximum absolute atomic E-state index is 10.7. The molecule has 3 nitrogen and oxygen atoms in total. The number of carbonyl (C=O) groups is 1. The molecule has 0 aliphatic heterocycles. The van der Waals surface area contributed by atoms with E-state index in [9.17, 15) is 9.90 Å². The van der Waals surface area contributed by atoms with Crippen molar-refractivity contribution >= 4 is 5.97 Å². The Morgan fingerprint density at radius 3 is 2.25 bits per heavy atom. The molecule has 72 valence electrons. The molecule has 0 radical (unpaired) electrons. The van der Waals surface area contributed by atoms with Crippen molar-refractivity contribution in [2.24, 2.45) is 5.92 Å². The fourth-order valence-corrected chi connectivity index (χ4v) is 1.10. The molecule has 0 heterocycles. The van der Waals surface area contributed by atoms with Gasteiger partial charge in [-0.15, -0.1) is 0 Å². The summed E-state index contributed by atoms with van der Waals surface area (Å²) < 4.78 is 0. The Balaban J connectivity index is 4.23. The second-order valence-electron chi connectivity index (χ2n) is 3.41. The van der Waals surface area contributed by atoms with Gasteiger partial charge in [-0.05, 0) is 18.8 Å². The summed E-state index contributed by atoms with van der Waals surface area (Å²) in [5, 5.41) is 18.3. The zero-order chi connectivity index (χ0) is 9.78. The van der Waals surface area contributed by atoms with Gasteiger partial charge in [-0.3, -0.25) is 0 Å². The van der Waals surface area contributed by atoms with E-state index < -0.39 is 11.6 Å². The number of hydrogen-bond donors (Lipinski definition) is 2. The molecular weight excluding hydrogens is 156 g/mol. The summed E-state index contributed by atoms with van der Waals surface area (Å²) in [4.78, 5) is 10.7. The molecule has 0 rings (SSSR count). The molecule has 0 aliphatic rings. The molecular formula is C9H18O3. The van der Waals surface area contributed by atoms with E-state index in [1.54, 1.807) is 6.92 Å². The Morgan fingerprint density at radius 2 is 2.00 bits per heavy atom. The largest absolute Gasteiger partial charge is 0.479 e. The minimum absolute atomic E-state index is 0.256. The molecule has 0 aromatic carbocycles. The van der Waals surface area contributed by atoms with Crippen LogP contribution in [0.2, 0.25) is 0 Å². The van der Waals surface area contributed by atoms with Gasteiger partial charge in [-0.1, -0.05) is 27.2 Å². The summed E-state index contributed by atoms with van der Waals surface area (Å²) in [5.41, 5.74) is -1.52. The zero-order valence-corrected chi connectivity index (χ0v) is 8.00. The van der Waals surface area contributed by atoms with Gasteiger partial charge >= 0.3 is 5.97 Å². The van der Waals surface area contributed by atoms with Crippen LogP contribution in [0, 0.1) is 5.92 Å². The second-order valence-corrected chi connectivity index (χ2v) is 3.41. The van der Waals surface area contributed by atoms with Gasteiger partial charge < -0.3 is 10.2 Å². The van der Waals surface area contributed by atoms with Crippen molar-refractivity contribution in [1.29, 1.82) is 0 Å². The molecule has 0 aliphatic carbocycles. The first kappa shape index (κ1) is 11.4. The number of hydrogen-bond acceptors (Lipinski definition) is 2. The minimum Gasteiger partial charge on any atom is -0.479 e. The monoisotopic (exact) mass is 174 g/mol. The predicted molar refractivity (Wildman–Crippen MR) is 46.9 cm³/mol. The molecule has 0 fully saturated rings. The number of carboxylic acid groups (broad SMARTS) is 1. The van der Waals surface area contributed by atoms with Crippen LogP contribution in [-0.2, 0) is 4.79 Å². The van der Waals surface area contributed by atoms with Gasteiger partial charge in [0.2, 0.25) is 0 Å². The highest BCUT2D eigenvalue weighted by Gasteiger charge is 2.34. The molecule has 3 heteroatoms. The van der Waals surface area contributed by atoms with E-state index in [1.165, 1.54) is 0 Å². The zero-order valence-electron chi connectivity index (χ0n) is 8.00. The van der Waals surface area contributed by atoms with E-state index in [2.05, 4.69) is 0 Å². The van der Waals surface area contributed by atoms with Gasteiger partial charge in [0.05, 0.1) is 0 Å². The molecule has 0 bridgehead atoms. The molecule has 2 unspecified atom stereocenters. The molecule has 0 aromatic rings. The maximum atomic E-state index is 10.7. The first-order valence-corrected chi connectivity index (χ1v) is 4.42. The summed E-state index contributed by atoms with van der Waals surface area (Å²) >= 11 is 0. The molecule has 2 atom stereocenters. The summed E-state index contributed by atoms with van der Waals surface area (Å²) in [5.74, 6) is -0.851. The van der Waals surface area contributed by atoms with E-state index in [1.807, 2.05) is 13.8 Å². The molecule has 0 spiro atoms. The average Bonchev–Trinajstić information content (AvgIpc) is 2.03. The summed E-state index contributed by atoms with van der Waals surface area (Å²) in [6.07, 6.45) is 1.51. The Hall–Kier alpha value is -0.570. The fraction of sp³-hybridized carbons (Fsp3) is 0.889. The van der Waals surface area contributed by atoms with Crippen molar-refractivity contribution in [3.8, 4) is 0 Å². The van der Waals surface area contributed by atoms with Crippen molar-refractivity contribution in [2.45, 2.75) is 45.6 Å². The highest BCUT2D eigenvalue weighted by molar-refractivity contribution is 5.76. The first-order valence-electron chi connectivity index (χ1n) is 4.42. The third kappa shape index (κ3) is 2.81. The Labute approximate surface area is 73.4 Å². The van der Waals surface area contributed by atoms with Gasteiger partial charge in [0.15, 0.2) is 5.60 Å². The third-order valence-corrected chi connectivity index (χ3v) is 2.37. The van der Waals surface area contributed by atoms with E-state index in [0.717, 1.165) is 6.42 Å². The van der Waals surface area contributed by atoms with Crippen LogP contribution in [0.15, 0.2) is 0 Å². The highest BCUT2D eigenvalue weighted by Crippen LogP contribution is 2.22. The van der Waals surface area contributed by atoms with Crippen LogP contribution in [0.3, 0.4) is 0 Å². The number of aliphatic carboxylic acids is 1. The molecule has 2 N–H and O–H groups in total. The Morgan fingerprint density at radius 1 is 1.50 bits per heavy atom. The highest BCUT2D eigenvalue weighted by atomic mass is 16.4. The summed E-state index contributed by atoms with van der Waals surface area (Å²) in [6.45, 7) is 5.63. The van der Waals surface area contributed by atoms with Crippen molar-refractivity contribution in [3.05, 3.63) is 0 Å². The summed E-state index contributed by atoms with van der Waals surface area (Å²) in [7, 11) is 0. The Bertz CT molecular complexity index is 156. The van der Waals surface area contributed by atoms with Gasteiger partial charge in [0.25, 0.3) is 0 Å². The second kappa shape index (κ2) is 4.45. The molecule has 12 heavy (non-hydrogen) atoms. The number of rotatable bonds is 5. The van der Waals surface area contributed by atoms with E-state index >= 15 is 0 Å². The van der Waals surface area contributed by atoms with E-state index in [4.69, 9.17) is 5.11 Å². The van der Waals surface area contributed by atoms with Crippen molar-refractivity contribution < 1.29 is 15.0 Å². The smallest absolute Gasteiger partial charge is 0.335 e. The summed E-state index contributed by atoms with van der Waals surface area (Å²) in [6, 6.07) is 0. The predicted octanol–water partition coefficient (Wildman–Crippen LogP) is 1.65. The molecule has 0 saturated heterocycles. The standard InChI is InChI=1S/C9H18O3/c1-4-7(3)6-9(12,5-2)8(10)11/h7,12H,4-6H2,1-3H3,(H,10,11). The number of carboxylic acids is 1. The van der Waals surface area contributed by atoms with E-state index in [0.29, 0.717) is 6.42 Å². The van der Waals surface area contributed by atoms with Gasteiger partial charge in [-0.2, -0.15) is 0 Å². The topological polar surface area (TPSA) is 57.5 Å². The van der Waals surface area contributed by atoms with Gasteiger partial charge in [-0.25, -0.2) is 4.79 Å². The van der Waals surface area contributed by atoms with Crippen molar-refractivity contribution in [2.75, 3.05) is 0 Å². The van der Waals surface area contributed by atoms with Crippen LogP contribution in [0.25, 0.3) is 0 Å². The average molecular weight is 174 g/mol. The molecule has 0 amide bonds. The lowest BCUT2D eigenvalue weighted by atomic mass is 9.88. The fourth-order valence-electron chi connectivity index (χ4n) is 1.10.